The Balaban J connectivity index is 0.00000192. The highest BCUT2D eigenvalue weighted by Gasteiger charge is 2.40. The largest absolute Gasteiger partial charge is 1.00 e. The van der Waals surface area contributed by atoms with E-state index in [0.29, 0.717) is 0 Å². The Bertz CT molecular complexity index is 914. The van der Waals surface area contributed by atoms with Crippen LogP contribution in [0.25, 0.3) is 11.6 Å². The normalized spacial score (nSPS) is 22.4. The monoisotopic (exact) mass is 438 g/mol. The lowest BCUT2D eigenvalue weighted by Crippen LogP contribution is -3.00. The average Bonchev–Trinajstić information content (AvgIpc) is 3.03. The third-order valence-electron chi connectivity index (χ3n) is 7.15. The molecule has 0 bridgehead atoms. The van der Waals surface area contributed by atoms with Gasteiger partial charge in [0.15, 0.2) is 12.7 Å². The lowest BCUT2D eigenvalue weighted by atomic mass is 9.69. The molecule has 28 heavy (non-hydrogen) atoms. The first-order valence-corrected chi connectivity index (χ1v) is 10.5. The van der Waals surface area contributed by atoms with Crippen molar-refractivity contribution < 1.29 is 21.5 Å². The van der Waals surface area contributed by atoms with Gasteiger partial charge in [-0.3, -0.25) is 0 Å². The number of fused-ring (bicyclic) bond motifs is 1. The predicted molar refractivity (Wildman–Crippen MR) is 113 cm³/mol. The maximum Gasteiger partial charge on any atom is 0.208 e. The number of benzene rings is 1. The van der Waals surface area contributed by atoms with Crippen molar-refractivity contribution in [2.24, 2.45) is 0 Å². The van der Waals surface area contributed by atoms with Crippen molar-refractivity contribution >= 4 is 17.3 Å². The fraction of sp³-hybridized carbons (Fsp3) is 0.480. The smallest absolute Gasteiger partial charge is 0.208 e. The van der Waals surface area contributed by atoms with Gasteiger partial charge < -0.3 is 21.9 Å². The predicted octanol–water partition coefficient (Wildman–Crippen LogP) is 2.09. The molecule has 3 aliphatic rings. The number of aryl methyl sites for hydroxylation is 1. The number of aromatic nitrogens is 1. The minimum Gasteiger partial charge on any atom is -1.00 e. The molecule has 5 rings (SSSR count). The number of anilines is 1. The van der Waals surface area contributed by atoms with Crippen molar-refractivity contribution in [3.05, 3.63) is 58.9 Å². The Hall–Kier alpha value is -1.61. The van der Waals surface area contributed by atoms with E-state index in [0.717, 1.165) is 13.0 Å². The van der Waals surface area contributed by atoms with E-state index in [1.54, 1.807) is 16.8 Å². The van der Waals surface area contributed by atoms with Gasteiger partial charge in [0.2, 0.25) is 5.69 Å². The molecule has 0 saturated heterocycles. The summed E-state index contributed by atoms with van der Waals surface area (Å²) in [5, 5.41) is 0. The quantitative estimate of drug-likeness (QED) is 0.618. The number of pyridine rings is 1. The molecule has 0 spiro atoms. The lowest BCUT2D eigenvalue weighted by molar-refractivity contribution is -0.689. The molecule has 0 N–H and O–H groups in total. The third-order valence-corrected chi connectivity index (χ3v) is 7.15. The van der Waals surface area contributed by atoms with Crippen LogP contribution in [-0.2, 0) is 17.4 Å². The minimum absolute atomic E-state index is 0. The van der Waals surface area contributed by atoms with Gasteiger partial charge in [0.05, 0.1) is 0 Å². The van der Waals surface area contributed by atoms with Gasteiger partial charge in [0, 0.05) is 42.9 Å². The Kier molecular flexibility index (Phi) is 4.73. The van der Waals surface area contributed by atoms with E-state index in [2.05, 4.69) is 79.8 Å². The van der Waals surface area contributed by atoms with Gasteiger partial charge in [0.1, 0.15) is 0 Å². The molecule has 3 aliphatic heterocycles. The van der Waals surface area contributed by atoms with Crippen LogP contribution in [0.5, 0.6) is 0 Å². The topological polar surface area (TPSA) is 7.12 Å². The zero-order chi connectivity index (χ0) is 18.8. The van der Waals surface area contributed by atoms with Crippen LogP contribution in [0.1, 0.15) is 69.3 Å². The fourth-order valence-corrected chi connectivity index (χ4v) is 5.23. The number of rotatable bonds is 1. The van der Waals surface area contributed by atoms with Crippen molar-refractivity contribution in [1.82, 2.24) is 0 Å². The molecule has 0 atom stereocenters. The number of nitrogens with zero attached hydrogens (tertiary/aromatic N) is 2. The van der Waals surface area contributed by atoms with Gasteiger partial charge in [0.25, 0.3) is 0 Å². The summed E-state index contributed by atoms with van der Waals surface area (Å²) in [6, 6.07) is 11.5. The minimum atomic E-state index is 0. The molecule has 0 fully saturated rings. The summed E-state index contributed by atoms with van der Waals surface area (Å²) in [5.74, 6) is 0. The second kappa shape index (κ2) is 6.73. The Morgan fingerprint density at radius 3 is 2.25 bits per heavy atom. The van der Waals surface area contributed by atoms with Gasteiger partial charge in [-0.05, 0) is 64.6 Å². The van der Waals surface area contributed by atoms with Crippen molar-refractivity contribution in [3.63, 3.8) is 0 Å². The van der Waals surface area contributed by atoms with E-state index in [1.807, 2.05) is 0 Å². The van der Waals surface area contributed by atoms with Crippen LogP contribution in [0.4, 0.5) is 5.69 Å². The maximum absolute atomic E-state index is 2.65. The molecule has 0 saturated carbocycles. The average molecular weight is 439 g/mol. The summed E-state index contributed by atoms with van der Waals surface area (Å²) in [6.07, 6.45) is 8.29. The van der Waals surface area contributed by atoms with E-state index in [9.17, 15) is 0 Å². The number of halogens is 1. The number of hydrogen-bond acceptors (Lipinski definition) is 1. The van der Waals surface area contributed by atoms with E-state index in [4.69, 9.17) is 0 Å². The highest BCUT2D eigenvalue weighted by Crippen LogP contribution is 2.49. The van der Waals surface area contributed by atoms with Crippen molar-refractivity contribution in [2.45, 2.75) is 64.3 Å². The molecule has 2 aromatic rings. The van der Waals surface area contributed by atoms with Gasteiger partial charge in [-0.1, -0.05) is 27.7 Å². The van der Waals surface area contributed by atoms with Crippen LogP contribution < -0.4 is 26.4 Å². The Labute approximate surface area is 180 Å². The molecule has 2 nitrogen and oxygen atoms in total. The van der Waals surface area contributed by atoms with Crippen LogP contribution in [0, 0.1) is 0 Å². The third kappa shape index (κ3) is 3.03. The van der Waals surface area contributed by atoms with Crippen LogP contribution in [0.15, 0.2) is 36.5 Å². The summed E-state index contributed by atoms with van der Waals surface area (Å²) in [7, 11) is 0. The molecule has 0 unspecified atom stereocenters. The first-order chi connectivity index (χ1) is 12.9. The van der Waals surface area contributed by atoms with Crippen LogP contribution in [0.2, 0.25) is 0 Å². The standard InChI is InChI=1S/C25H31N2.BrH/c1-24(2)9-13-27-14-10-25(3,4)21-17-18(16-20(24)23(21)27)15-19-8-12-26-11-6-5-7-22(19)26;/h5-7,11,15-17H,8-10,12-14H2,1-4H3;1H/q+1;/p-1. The van der Waals surface area contributed by atoms with Gasteiger partial charge in [-0.2, -0.15) is 4.57 Å². The van der Waals surface area contributed by atoms with Gasteiger partial charge in [-0.25, -0.2) is 0 Å². The summed E-state index contributed by atoms with van der Waals surface area (Å²) in [5.41, 5.74) is 9.42. The van der Waals surface area contributed by atoms with E-state index < -0.39 is 0 Å². The molecule has 0 aliphatic carbocycles. The summed E-state index contributed by atoms with van der Waals surface area (Å²) in [6.45, 7) is 13.2. The second-order valence-electron chi connectivity index (χ2n) is 9.92. The van der Waals surface area contributed by atoms with E-state index >= 15 is 0 Å². The van der Waals surface area contributed by atoms with Crippen molar-refractivity contribution in [1.29, 1.82) is 0 Å². The molecule has 1 aromatic heterocycles. The van der Waals surface area contributed by atoms with Gasteiger partial charge in [-0.15, -0.1) is 0 Å². The van der Waals surface area contributed by atoms with E-state index in [1.165, 1.54) is 42.8 Å². The van der Waals surface area contributed by atoms with Crippen LogP contribution in [0.3, 0.4) is 0 Å². The molecule has 0 amide bonds. The summed E-state index contributed by atoms with van der Waals surface area (Å²) >= 11 is 0. The lowest BCUT2D eigenvalue weighted by Gasteiger charge is -2.48. The maximum atomic E-state index is 2.65. The number of allylic oxidation sites excluding steroid dienone is 1. The summed E-state index contributed by atoms with van der Waals surface area (Å²) in [4.78, 5) is 2.65. The van der Waals surface area contributed by atoms with Crippen molar-refractivity contribution in [3.8, 4) is 0 Å². The summed E-state index contributed by atoms with van der Waals surface area (Å²) < 4.78 is 2.38. The van der Waals surface area contributed by atoms with E-state index in [-0.39, 0.29) is 27.8 Å². The molecule has 4 heterocycles. The molecule has 0 radical (unpaired) electrons. The van der Waals surface area contributed by atoms with Crippen LogP contribution in [-0.4, -0.2) is 13.1 Å². The van der Waals surface area contributed by atoms with Crippen LogP contribution >= 0.6 is 0 Å². The highest BCUT2D eigenvalue weighted by molar-refractivity contribution is 5.82. The molecular weight excluding hydrogens is 408 g/mol. The molecular formula is C25H31BrN2. The molecule has 148 valence electrons. The van der Waals surface area contributed by atoms with Crippen molar-refractivity contribution in [2.75, 3.05) is 18.0 Å². The Morgan fingerprint density at radius 1 is 0.964 bits per heavy atom. The zero-order valence-electron chi connectivity index (χ0n) is 17.6. The first-order valence-electron chi connectivity index (χ1n) is 10.5. The molecule has 1 aromatic carbocycles. The highest BCUT2D eigenvalue weighted by atomic mass is 79.9. The Morgan fingerprint density at radius 2 is 1.61 bits per heavy atom. The molecule has 3 heteroatoms. The second-order valence-corrected chi connectivity index (χ2v) is 9.92. The zero-order valence-corrected chi connectivity index (χ0v) is 19.1. The number of hydrogen-bond donors (Lipinski definition) is 0. The first kappa shape index (κ1) is 19.7. The fourth-order valence-electron chi connectivity index (χ4n) is 5.23. The SMILES string of the molecule is CC1(C)CCN2CCC(C)(C)c3cc(C=C4CC[n+]5ccccc54)cc1c32.[Br-]. The van der Waals surface area contributed by atoms with Gasteiger partial charge >= 0.3 is 0 Å².